The van der Waals surface area contributed by atoms with Crippen LogP contribution >= 0.6 is 0 Å². The fraction of sp³-hybridized carbons (Fsp3) is 0.600. The van der Waals surface area contributed by atoms with Gasteiger partial charge in [-0.3, -0.25) is 4.90 Å². The number of ether oxygens (including phenoxy) is 1. The second-order valence-corrected chi connectivity index (χ2v) is 5.73. The van der Waals surface area contributed by atoms with Gasteiger partial charge in [-0.1, -0.05) is 12.1 Å². The second-order valence-electron chi connectivity index (χ2n) is 5.73. The zero-order valence-corrected chi connectivity index (χ0v) is 11.8. The maximum Gasteiger partial charge on any atom is 0.115 e. The smallest absolute Gasteiger partial charge is 0.115 e. The third kappa shape index (κ3) is 3.47. The summed E-state index contributed by atoms with van der Waals surface area (Å²) in [5.74, 6) is 0.300. The van der Waals surface area contributed by atoms with E-state index in [0.717, 1.165) is 38.3 Å². The Labute approximate surface area is 115 Å². The van der Waals surface area contributed by atoms with Crippen LogP contribution in [0.2, 0.25) is 0 Å². The number of hydrogen-bond donors (Lipinski definition) is 2. The van der Waals surface area contributed by atoms with Crippen molar-refractivity contribution >= 4 is 0 Å². The minimum Gasteiger partial charge on any atom is -0.508 e. The van der Waals surface area contributed by atoms with E-state index in [1.54, 1.807) is 12.1 Å². The molecule has 1 aromatic rings. The Balaban J connectivity index is 2.03. The van der Waals surface area contributed by atoms with Gasteiger partial charge >= 0.3 is 0 Å². The van der Waals surface area contributed by atoms with Gasteiger partial charge in [-0.05, 0) is 38.0 Å². The standard InChI is InChI=1S/C15H24N2O2/c1-15(2,17-6-8-19-9-7-17)14(16)11-12-4-3-5-13(18)10-12/h3-5,10,14,18H,6-9,11,16H2,1-2H3. The van der Waals surface area contributed by atoms with E-state index in [1.807, 2.05) is 12.1 Å². The summed E-state index contributed by atoms with van der Waals surface area (Å²) in [5.41, 5.74) is 7.40. The lowest BCUT2D eigenvalue weighted by molar-refractivity contribution is -0.0186. The summed E-state index contributed by atoms with van der Waals surface area (Å²) in [6.07, 6.45) is 0.763. The average Bonchev–Trinajstić information content (AvgIpc) is 2.39. The van der Waals surface area contributed by atoms with Crippen molar-refractivity contribution in [3.05, 3.63) is 29.8 Å². The van der Waals surface area contributed by atoms with E-state index < -0.39 is 0 Å². The summed E-state index contributed by atoms with van der Waals surface area (Å²) in [6, 6.07) is 7.36. The van der Waals surface area contributed by atoms with Gasteiger partial charge in [-0.25, -0.2) is 0 Å². The van der Waals surface area contributed by atoms with Gasteiger partial charge in [-0.15, -0.1) is 0 Å². The lowest BCUT2D eigenvalue weighted by atomic mass is 9.88. The molecule has 1 unspecified atom stereocenters. The molecule has 1 aromatic carbocycles. The Morgan fingerprint density at radius 3 is 2.68 bits per heavy atom. The molecule has 0 aromatic heterocycles. The molecule has 1 fully saturated rings. The Morgan fingerprint density at radius 1 is 1.37 bits per heavy atom. The maximum atomic E-state index is 9.51. The van der Waals surface area contributed by atoms with E-state index in [4.69, 9.17) is 10.5 Å². The van der Waals surface area contributed by atoms with Crippen molar-refractivity contribution in [2.24, 2.45) is 5.73 Å². The minimum atomic E-state index is -0.0742. The van der Waals surface area contributed by atoms with Crippen LogP contribution in [0.3, 0.4) is 0 Å². The predicted octanol–water partition coefficient (Wildman–Crippen LogP) is 1.37. The number of phenols is 1. The molecular formula is C15H24N2O2. The summed E-state index contributed by atoms with van der Waals surface area (Å²) in [5, 5.41) is 9.51. The SMILES string of the molecule is CC(C)(C(N)Cc1cccc(O)c1)N1CCOCC1. The van der Waals surface area contributed by atoms with Crippen LogP contribution in [0.5, 0.6) is 5.75 Å². The highest BCUT2D eigenvalue weighted by Gasteiger charge is 2.34. The van der Waals surface area contributed by atoms with E-state index in [-0.39, 0.29) is 11.6 Å². The molecule has 106 valence electrons. The number of phenolic OH excluding ortho intramolecular Hbond substituents is 1. The van der Waals surface area contributed by atoms with Crippen LogP contribution in [0.1, 0.15) is 19.4 Å². The van der Waals surface area contributed by atoms with Gasteiger partial charge in [0.15, 0.2) is 0 Å². The first kappa shape index (κ1) is 14.3. The molecule has 19 heavy (non-hydrogen) atoms. The zero-order chi connectivity index (χ0) is 13.9. The Bertz CT molecular complexity index is 414. The lowest BCUT2D eigenvalue weighted by Gasteiger charge is -2.44. The maximum absolute atomic E-state index is 9.51. The number of nitrogens with two attached hydrogens (primary N) is 1. The van der Waals surface area contributed by atoms with Crippen molar-refractivity contribution in [3.63, 3.8) is 0 Å². The number of morpholine rings is 1. The highest BCUT2D eigenvalue weighted by Crippen LogP contribution is 2.23. The Morgan fingerprint density at radius 2 is 2.05 bits per heavy atom. The molecule has 1 aliphatic heterocycles. The van der Waals surface area contributed by atoms with Crippen molar-refractivity contribution in [3.8, 4) is 5.75 Å². The van der Waals surface area contributed by atoms with E-state index in [1.165, 1.54) is 0 Å². The van der Waals surface area contributed by atoms with Gasteiger partial charge in [0.05, 0.1) is 13.2 Å². The van der Waals surface area contributed by atoms with E-state index in [2.05, 4.69) is 18.7 Å². The summed E-state index contributed by atoms with van der Waals surface area (Å²) in [4.78, 5) is 2.39. The summed E-state index contributed by atoms with van der Waals surface area (Å²) < 4.78 is 5.39. The van der Waals surface area contributed by atoms with E-state index in [0.29, 0.717) is 5.75 Å². The van der Waals surface area contributed by atoms with E-state index in [9.17, 15) is 5.11 Å². The summed E-state index contributed by atoms with van der Waals surface area (Å²) >= 11 is 0. The molecular weight excluding hydrogens is 240 g/mol. The van der Waals surface area contributed by atoms with Crippen molar-refractivity contribution in [2.75, 3.05) is 26.3 Å². The monoisotopic (exact) mass is 264 g/mol. The molecule has 0 spiro atoms. The quantitative estimate of drug-likeness (QED) is 0.862. The lowest BCUT2D eigenvalue weighted by Crippen LogP contribution is -2.59. The first-order valence-corrected chi connectivity index (χ1v) is 6.86. The molecule has 4 heteroatoms. The molecule has 0 bridgehead atoms. The predicted molar refractivity (Wildman–Crippen MR) is 76.3 cm³/mol. The van der Waals surface area contributed by atoms with Crippen LogP contribution in [0, 0.1) is 0 Å². The molecule has 1 atom stereocenters. The average molecular weight is 264 g/mol. The van der Waals surface area contributed by atoms with Crippen LogP contribution < -0.4 is 5.73 Å². The Hall–Kier alpha value is -1.10. The topological polar surface area (TPSA) is 58.7 Å². The third-order valence-corrected chi connectivity index (χ3v) is 4.10. The molecule has 0 saturated carbocycles. The molecule has 0 radical (unpaired) electrons. The van der Waals surface area contributed by atoms with Gasteiger partial charge in [0.1, 0.15) is 5.75 Å². The van der Waals surface area contributed by atoms with Gasteiger partial charge < -0.3 is 15.6 Å². The van der Waals surface area contributed by atoms with Crippen LogP contribution in [-0.4, -0.2) is 47.9 Å². The minimum absolute atomic E-state index is 0.0207. The van der Waals surface area contributed by atoms with Crippen LogP contribution in [0.4, 0.5) is 0 Å². The fourth-order valence-electron chi connectivity index (χ4n) is 2.56. The second kappa shape index (κ2) is 5.90. The van der Waals surface area contributed by atoms with Crippen LogP contribution in [0.25, 0.3) is 0 Å². The molecule has 1 heterocycles. The largest absolute Gasteiger partial charge is 0.508 e. The Kier molecular flexibility index (Phi) is 4.45. The van der Waals surface area contributed by atoms with E-state index >= 15 is 0 Å². The normalized spacial score (nSPS) is 19.3. The van der Waals surface area contributed by atoms with Crippen molar-refractivity contribution in [1.29, 1.82) is 0 Å². The van der Waals surface area contributed by atoms with Gasteiger partial charge in [0.2, 0.25) is 0 Å². The summed E-state index contributed by atoms with van der Waals surface area (Å²) in [6.45, 7) is 7.80. The molecule has 0 amide bonds. The first-order chi connectivity index (χ1) is 9.00. The highest BCUT2D eigenvalue weighted by atomic mass is 16.5. The molecule has 0 aliphatic carbocycles. The van der Waals surface area contributed by atoms with Gasteiger partial charge in [-0.2, -0.15) is 0 Å². The first-order valence-electron chi connectivity index (χ1n) is 6.86. The number of aromatic hydroxyl groups is 1. The summed E-state index contributed by atoms with van der Waals surface area (Å²) in [7, 11) is 0. The molecule has 3 N–H and O–H groups in total. The number of hydrogen-bond acceptors (Lipinski definition) is 4. The van der Waals surface area contributed by atoms with Crippen molar-refractivity contribution < 1.29 is 9.84 Å². The highest BCUT2D eigenvalue weighted by molar-refractivity contribution is 5.28. The number of benzene rings is 1. The van der Waals surface area contributed by atoms with Crippen molar-refractivity contribution in [1.82, 2.24) is 4.90 Å². The number of nitrogens with zero attached hydrogens (tertiary/aromatic N) is 1. The number of rotatable bonds is 4. The molecule has 2 rings (SSSR count). The zero-order valence-electron chi connectivity index (χ0n) is 11.8. The van der Waals surface area contributed by atoms with Crippen molar-refractivity contribution in [2.45, 2.75) is 31.8 Å². The molecule has 1 saturated heterocycles. The van der Waals surface area contributed by atoms with Gasteiger partial charge in [0.25, 0.3) is 0 Å². The third-order valence-electron chi connectivity index (χ3n) is 4.10. The van der Waals surface area contributed by atoms with Crippen LogP contribution in [-0.2, 0) is 11.2 Å². The van der Waals surface area contributed by atoms with Gasteiger partial charge in [0, 0.05) is 24.7 Å². The molecule has 4 nitrogen and oxygen atoms in total. The fourth-order valence-corrected chi connectivity index (χ4v) is 2.56. The molecule has 1 aliphatic rings. The van der Waals surface area contributed by atoms with Crippen LogP contribution in [0.15, 0.2) is 24.3 Å².